The average molecular weight is 339 g/mol. The molecule has 0 atom stereocenters. The van der Waals surface area contributed by atoms with E-state index >= 15 is 0 Å². The maximum atomic E-state index is 12.4. The van der Waals surface area contributed by atoms with E-state index in [9.17, 15) is 13.2 Å². The third-order valence-electron chi connectivity index (χ3n) is 3.10. The number of H-pyrrole nitrogens is 1. The Balaban J connectivity index is 2.39. The van der Waals surface area contributed by atoms with Gasteiger partial charge in [-0.1, -0.05) is 13.8 Å². The number of nitrogens with zero attached hydrogens (tertiary/aromatic N) is 1. The van der Waals surface area contributed by atoms with Crippen molar-refractivity contribution in [1.82, 2.24) is 9.97 Å². The lowest BCUT2D eigenvalue weighted by Crippen LogP contribution is -2.15. The minimum Gasteiger partial charge on any atom is -0.495 e. The molecule has 0 bridgehead atoms. The number of aromatic amines is 1. The molecule has 0 spiro atoms. The van der Waals surface area contributed by atoms with Crippen LogP contribution >= 0.6 is 0 Å². The van der Waals surface area contributed by atoms with Crippen molar-refractivity contribution in [3.63, 3.8) is 0 Å². The number of sulfonamides is 1. The van der Waals surface area contributed by atoms with Gasteiger partial charge in [0.05, 0.1) is 24.6 Å². The zero-order chi connectivity index (χ0) is 17.2. The van der Waals surface area contributed by atoms with Gasteiger partial charge in [0.25, 0.3) is 10.0 Å². The van der Waals surface area contributed by atoms with Crippen LogP contribution < -0.4 is 9.46 Å². The second-order valence-electron chi connectivity index (χ2n) is 5.11. The van der Waals surface area contributed by atoms with E-state index in [2.05, 4.69) is 14.7 Å². The molecule has 9 heteroatoms. The molecule has 1 aromatic heterocycles. The Labute approximate surface area is 133 Å². The number of aromatic carboxylic acids is 1. The molecule has 0 fully saturated rings. The molecular formula is C14H17N3O5S. The van der Waals surface area contributed by atoms with Crippen LogP contribution in [0.1, 0.15) is 35.9 Å². The largest absolute Gasteiger partial charge is 0.495 e. The number of hydrogen-bond donors (Lipinski definition) is 3. The maximum Gasteiger partial charge on any atom is 0.335 e. The third kappa shape index (κ3) is 3.62. The summed E-state index contributed by atoms with van der Waals surface area (Å²) in [5.74, 6) is -0.376. The van der Waals surface area contributed by atoms with Gasteiger partial charge in [-0.05, 0) is 18.2 Å². The van der Waals surface area contributed by atoms with Crippen LogP contribution in [-0.4, -0.2) is 36.6 Å². The van der Waals surface area contributed by atoms with E-state index in [1.54, 1.807) is 0 Å². The van der Waals surface area contributed by atoms with E-state index in [0.29, 0.717) is 5.82 Å². The molecule has 2 rings (SSSR count). The lowest BCUT2D eigenvalue weighted by atomic mass is 10.2. The first-order chi connectivity index (χ1) is 10.7. The highest BCUT2D eigenvalue weighted by Gasteiger charge is 2.21. The number of carbonyl (C=O) groups is 1. The van der Waals surface area contributed by atoms with Crippen molar-refractivity contribution in [2.75, 3.05) is 11.8 Å². The number of hydrogen-bond acceptors (Lipinski definition) is 5. The highest BCUT2D eigenvalue weighted by molar-refractivity contribution is 7.92. The first-order valence-electron chi connectivity index (χ1n) is 6.73. The fraction of sp³-hybridized carbons (Fsp3) is 0.286. The molecule has 23 heavy (non-hydrogen) atoms. The van der Waals surface area contributed by atoms with Crippen molar-refractivity contribution in [1.29, 1.82) is 0 Å². The number of nitrogens with one attached hydrogen (secondary N) is 2. The number of ether oxygens (including phenoxy) is 1. The summed E-state index contributed by atoms with van der Waals surface area (Å²) in [6.45, 7) is 3.75. The molecular weight excluding hydrogens is 322 g/mol. The summed E-state index contributed by atoms with van der Waals surface area (Å²) in [6.07, 6.45) is 1.21. The molecule has 0 aliphatic rings. The quantitative estimate of drug-likeness (QED) is 0.740. The van der Waals surface area contributed by atoms with E-state index in [1.165, 1.54) is 31.5 Å². The summed E-state index contributed by atoms with van der Waals surface area (Å²) in [6, 6.07) is 3.90. The highest BCUT2D eigenvalue weighted by atomic mass is 32.2. The Bertz CT molecular complexity index is 827. The molecule has 1 aromatic carbocycles. The van der Waals surface area contributed by atoms with Crippen LogP contribution in [-0.2, 0) is 10.0 Å². The molecule has 0 amide bonds. The standard InChI is InChI=1S/C14H17N3O5S/c1-8(2)13-15-7-12(16-13)23(20,21)17-10-6-9(14(18)19)4-5-11(10)22-3/h4-8,17H,1-3H3,(H,15,16)(H,18,19). The summed E-state index contributed by atoms with van der Waals surface area (Å²) in [7, 11) is -2.58. The third-order valence-corrected chi connectivity index (χ3v) is 4.37. The average Bonchev–Trinajstić information content (AvgIpc) is 2.97. The Kier molecular flexibility index (Phi) is 4.60. The summed E-state index contributed by atoms with van der Waals surface area (Å²) in [5, 5.41) is 8.91. The lowest BCUT2D eigenvalue weighted by Gasteiger charge is -2.11. The minimum absolute atomic E-state index is 0.0353. The molecule has 0 saturated carbocycles. The fourth-order valence-corrected chi connectivity index (χ4v) is 2.86. The van der Waals surface area contributed by atoms with Crippen molar-refractivity contribution >= 4 is 21.7 Å². The first-order valence-corrected chi connectivity index (χ1v) is 8.22. The van der Waals surface area contributed by atoms with Crippen LogP contribution in [0, 0.1) is 0 Å². The summed E-state index contributed by atoms with van der Waals surface area (Å²) in [5.41, 5.74) is -0.0240. The van der Waals surface area contributed by atoms with Crippen molar-refractivity contribution in [3.8, 4) is 5.75 Å². The highest BCUT2D eigenvalue weighted by Crippen LogP contribution is 2.28. The summed E-state index contributed by atoms with van der Waals surface area (Å²) >= 11 is 0. The molecule has 3 N–H and O–H groups in total. The monoisotopic (exact) mass is 339 g/mol. The molecule has 1 heterocycles. The van der Waals surface area contributed by atoms with Crippen LogP contribution in [0.5, 0.6) is 5.75 Å². The Hall–Kier alpha value is -2.55. The Morgan fingerprint density at radius 3 is 2.61 bits per heavy atom. The molecule has 0 saturated heterocycles. The van der Waals surface area contributed by atoms with Gasteiger partial charge in [0.15, 0.2) is 5.03 Å². The van der Waals surface area contributed by atoms with Gasteiger partial charge < -0.3 is 14.8 Å². The second-order valence-corrected chi connectivity index (χ2v) is 6.76. The maximum absolute atomic E-state index is 12.4. The predicted octanol–water partition coefficient (Wildman–Crippen LogP) is 2.04. The Morgan fingerprint density at radius 2 is 2.09 bits per heavy atom. The SMILES string of the molecule is COc1ccc(C(=O)O)cc1NS(=O)(=O)c1cnc(C(C)C)[nH]1. The van der Waals surface area contributed by atoms with Crippen molar-refractivity contribution in [2.24, 2.45) is 0 Å². The van der Waals surface area contributed by atoms with E-state index in [1.807, 2.05) is 13.8 Å². The number of anilines is 1. The number of methoxy groups -OCH3 is 1. The predicted molar refractivity (Wildman–Crippen MR) is 83.4 cm³/mol. The normalized spacial score (nSPS) is 11.5. The topological polar surface area (TPSA) is 121 Å². The number of carboxylic acids is 1. The smallest absolute Gasteiger partial charge is 0.335 e. The van der Waals surface area contributed by atoms with Gasteiger partial charge in [0.1, 0.15) is 11.6 Å². The van der Waals surface area contributed by atoms with Gasteiger partial charge in [0.2, 0.25) is 0 Å². The van der Waals surface area contributed by atoms with E-state index in [-0.39, 0.29) is 27.9 Å². The molecule has 0 unspecified atom stereocenters. The van der Waals surface area contributed by atoms with Crippen molar-refractivity contribution in [3.05, 3.63) is 35.8 Å². The van der Waals surface area contributed by atoms with E-state index < -0.39 is 16.0 Å². The van der Waals surface area contributed by atoms with Gasteiger partial charge in [-0.15, -0.1) is 0 Å². The lowest BCUT2D eigenvalue weighted by molar-refractivity contribution is 0.0697. The van der Waals surface area contributed by atoms with Crippen molar-refractivity contribution < 1.29 is 23.1 Å². The minimum atomic E-state index is -3.94. The molecule has 8 nitrogen and oxygen atoms in total. The molecule has 0 aliphatic carbocycles. The van der Waals surface area contributed by atoms with Crippen LogP contribution in [0.4, 0.5) is 5.69 Å². The Morgan fingerprint density at radius 1 is 1.39 bits per heavy atom. The molecule has 0 aliphatic heterocycles. The summed E-state index contributed by atoms with van der Waals surface area (Å²) < 4.78 is 32.2. The van der Waals surface area contributed by atoms with Crippen LogP contribution in [0.15, 0.2) is 29.4 Å². The second kappa shape index (κ2) is 6.29. The molecule has 2 aromatic rings. The number of imidazole rings is 1. The number of benzene rings is 1. The zero-order valence-electron chi connectivity index (χ0n) is 12.8. The van der Waals surface area contributed by atoms with Gasteiger partial charge in [0, 0.05) is 5.92 Å². The van der Waals surface area contributed by atoms with Gasteiger partial charge >= 0.3 is 5.97 Å². The van der Waals surface area contributed by atoms with Gasteiger partial charge in [-0.2, -0.15) is 8.42 Å². The van der Waals surface area contributed by atoms with Gasteiger partial charge in [-0.3, -0.25) is 4.72 Å². The molecule has 0 radical (unpaired) electrons. The number of carboxylic acid groups (broad SMARTS) is 1. The first kappa shape index (κ1) is 16.8. The van der Waals surface area contributed by atoms with E-state index in [4.69, 9.17) is 9.84 Å². The summed E-state index contributed by atoms with van der Waals surface area (Å²) in [4.78, 5) is 17.8. The van der Waals surface area contributed by atoms with Crippen molar-refractivity contribution in [2.45, 2.75) is 24.8 Å². The van der Waals surface area contributed by atoms with Crippen LogP contribution in [0.3, 0.4) is 0 Å². The number of aromatic nitrogens is 2. The fourth-order valence-electron chi connectivity index (χ4n) is 1.87. The van der Waals surface area contributed by atoms with Gasteiger partial charge in [-0.25, -0.2) is 9.78 Å². The molecule has 124 valence electrons. The number of rotatable bonds is 6. The van der Waals surface area contributed by atoms with E-state index in [0.717, 1.165) is 0 Å². The van der Waals surface area contributed by atoms with Crippen LogP contribution in [0.2, 0.25) is 0 Å². The zero-order valence-corrected chi connectivity index (χ0v) is 13.6. The van der Waals surface area contributed by atoms with Crippen LogP contribution in [0.25, 0.3) is 0 Å².